The first-order chi connectivity index (χ1) is 11.2. The minimum absolute atomic E-state index is 0.219. The molecule has 0 amide bonds. The van der Waals surface area contributed by atoms with Crippen LogP contribution in [0.1, 0.15) is 11.4 Å². The molecule has 8 nitrogen and oxygen atoms in total. The van der Waals surface area contributed by atoms with Crippen molar-refractivity contribution in [2.24, 2.45) is 0 Å². The highest BCUT2D eigenvalue weighted by Gasteiger charge is 2.09. The van der Waals surface area contributed by atoms with Crippen molar-refractivity contribution >= 4 is 17.0 Å². The van der Waals surface area contributed by atoms with E-state index in [0.29, 0.717) is 36.5 Å². The van der Waals surface area contributed by atoms with Crippen LogP contribution in [0.4, 0.5) is 5.95 Å². The van der Waals surface area contributed by atoms with E-state index in [2.05, 4.69) is 36.9 Å². The first-order valence-electron chi connectivity index (χ1n) is 7.26. The molecule has 0 aromatic carbocycles. The molecular weight excluding hydrogens is 294 g/mol. The van der Waals surface area contributed by atoms with Crippen LogP contribution in [0.25, 0.3) is 11.0 Å². The first kappa shape index (κ1) is 14.9. The van der Waals surface area contributed by atoms with E-state index in [1.807, 2.05) is 6.92 Å². The average Bonchev–Trinajstić information content (AvgIpc) is 2.93. The molecule has 23 heavy (non-hydrogen) atoms. The molecule has 3 aromatic heterocycles. The van der Waals surface area contributed by atoms with E-state index in [9.17, 15) is 4.79 Å². The Kier molecular flexibility index (Phi) is 4.13. The van der Waals surface area contributed by atoms with Crippen LogP contribution >= 0.6 is 0 Å². The van der Waals surface area contributed by atoms with Gasteiger partial charge in [-0.25, -0.2) is 4.68 Å². The first-order valence-corrected chi connectivity index (χ1v) is 7.26. The number of anilines is 1. The smallest absolute Gasteiger partial charge is 0.263 e. The second-order valence-electron chi connectivity index (χ2n) is 5.03. The standard InChI is InChI=1S/C15H17N7O/c1-3-8-22-13-11(9-19-22)14(23)21-15(20-13)18-5-4-12-10(2)16-6-7-17-12/h3,6-7,9H,1,4-5,8H2,2H3,(H2,18,20,21,23). The lowest BCUT2D eigenvalue weighted by Gasteiger charge is -2.07. The highest BCUT2D eigenvalue weighted by molar-refractivity contribution is 5.74. The fraction of sp³-hybridized carbons (Fsp3) is 0.267. The van der Waals surface area contributed by atoms with Gasteiger partial charge >= 0.3 is 0 Å². The molecule has 0 saturated heterocycles. The van der Waals surface area contributed by atoms with Crippen LogP contribution in [0.3, 0.4) is 0 Å². The molecule has 0 bridgehead atoms. The molecule has 0 fully saturated rings. The van der Waals surface area contributed by atoms with Crippen molar-refractivity contribution in [3.05, 3.63) is 53.0 Å². The average molecular weight is 311 g/mol. The zero-order chi connectivity index (χ0) is 16.2. The van der Waals surface area contributed by atoms with Gasteiger partial charge in [0, 0.05) is 25.4 Å². The van der Waals surface area contributed by atoms with E-state index >= 15 is 0 Å². The van der Waals surface area contributed by atoms with Crippen LogP contribution in [0, 0.1) is 6.92 Å². The van der Waals surface area contributed by atoms with Gasteiger partial charge in [0.15, 0.2) is 5.65 Å². The molecule has 0 atom stereocenters. The van der Waals surface area contributed by atoms with E-state index in [1.165, 1.54) is 6.20 Å². The molecule has 0 saturated carbocycles. The lowest BCUT2D eigenvalue weighted by molar-refractivity contribution is 0.720. The summed E-state index contributed by atoms with van der Waals surface area (Å²) in [4.78, 5) is 27.7. The lowest BCUT2D eigenvalue weighted by atomic mass is 10.2. The Balaban J connectivity index is 1.78. The van der Waals surface area contributed by atoms with Crippen LogP contribution in [-0.4, -0.2) is 36.3 Å². The summed E-state index contributed by atoms with van der Waals surface area (Å²) in [6.07, 6.45) is 7.24. The summed E-state index contributed by atoms with van der Waals surface area (Å²) in [5, 5.41) is 7.71. The zero-order valence-electron chi connectivity index (χ0n) is 12.8. The second-order valence-corrected chi connectivity index (χ2v) is 5.03. The van der Waals surface area contributed by atoms with E-state index in [4.69, 9.17) is 0 Å². The van der Waals surface area contributed by atoms with Gasteiger partial charge in [0.2, 0.25) is 5.95 Å². The van der Waals surface area contributed by atoms with E-state index in [-0.39, 0.29) is 5.56 Å². The largest absolute Gasteiger partial charge is 0.355 e. The summed E-state index contributed by atoms with van der Waals surface area (Å²) in [6.45, 7) is 6.68. The number of nitrogens with zero attached hydrogens (tertiary/aromatic N) is 5. The molecule has 8 heteroatoms. The molecule has 0 radical (unpaired) electrons. The molecule has 0 unspecified atom stereocenters. The molecule has 0 aliphatic carbocycles. The number of aryl methyl sites for hydroxylation is 1. The van der Waals surface area contributed by atoms with Gasteiger partial charge in [-0.2, -0.15) is 10.1 Å². The topological polar surface area (TPSA) is 101 Å². The van der Waals surface area contributed by atoms with E-state index < -0.39 is 0 Å². The second kappa shape index (κ2) is 6.39. The van der Waals surface area contributed by atoms with Crippen molar-refractivity contribution in [3.8, 4) is 0 Å². The Labute approximate surface area is 132 Å². The molecule has 3 heterocycles. The van der Waals surface area contributed by atoms with E-state index in [0.717, 1.165) is 11.4 Å². The van der Waals surface area contributed by atoms with Gasteiger partial charge in [0.25, 0.3) is 5.56 Å². The van der Waals surface area contributed by atoms with Crippen molar-refractivity contribution in [1.29, 1.82) is 0 Å². The fourth-order valence-electron chi connectivity index (χ4n) is 2.29. The number of allylic oxidation sites excluding steroid dienone is 1. The van der Waals surface area contributed by atoms with Crippen molar-refractivity contribution < 1.29 is 0 Å². The Bertz CT molecular complexity index is 896. The van der Waals surface area contributed by atoms with Gasteiger partial charge in [-0.05, 0) is 6.92 Å². The third-order valence-electron chi connectivity index (χ3n) is 3.45. The third kappa shape index (κ3) is 3.10. The molecule has 0 aliphatic heterocycles. The summed E-state index contributed by atoms with van der Waals surface area (Å²) < 4.78 is 1.63. The predicted octanol–water partition coefficient (Wildman–Crippen LogP) is 1.06. The minimum atomic E-state index is -0.219. The SMILES string of the molecule is C=CCn1ncc2c(=O)[nH]c(NCCc3nccnc3C)nc21. The molecule has 3 rings (SSSR count). The highest BCUT2D eigenvalue weighted by Crippen LogP contribution is 2.09. The highest BCUT2D eigenvalue weighted by atomic mass is 16.1. The number of hydrogen-bond donors (Lipinski definition) is 2. The maximum absolute atomic E-state index is 12.1. The number of rotatable bonds is 6. The van der Waals surface area contributed by atoms with Crippen LogP contribution in [0.15, 0.2) is 36.0 Å². The molecule has 0 spiro atoms. The van der Waals surface area contributed by atoms with Crippen LogP contribution in [0.5, 0.6) is 0 Å². The van der Waals surface area contributed by atoms with Gasteiger partial charge in [-0.1, -0.05) is 6.08 Å². The van der Waals surface area contributed by atoms with Crippen LogP contribution in [0.2, 0.25) is 0 Å². The van der Waals surface area contributed by atoms with Crippen LogP contribution in [-0.2, 0) is 13.0 Å². The maximum atomic E-state index is 12.1. The van der Waals surface area contributed by atoms with E-state index in [1.54, 1.807) is 23.2 Å². The van der Waals surface area contributed by atoms with Gasteiger partial charge < -0.3 is 5.32 Å². The Morgan fingerprint density at radius 1 is 1.39 bits per heavy atom. The van der Waals surface area contributed by atoms with Gasteiger partial charge in [-0.15, -0.1) is 6.58 Å². The monoisotopic (exact) mass is 311 g/mol. The fourth-order valence-corrected chi connectivity index (χ4v) is 2.29. The molecule has 3 aromatic rings. The minimum Gasteiger partial charge on any atom is -0.355 e. The van der Waals surface area contributed by atoms with Crippen molar-refractivity contribution in [1.82, 2.24) is 29.7 Å². The summed E-state index contributed by atoms with van der Waals surface area (Å²) in [5.41, 5.74) is 2.13. The quantitative estimate of drug-likeness (QED) is 0.660. The van der Waals surface area contributed by atoms with Crippen molar-refractivity contribution in [3.63, 3.8) is 0 Å². The third-order valence-corrected chi connectivity index (χ3v) is 3.45. The maximum Gasteiger partial charge on any atom is 0.263 e. The van der Waals surface area contributed by atoms with Gasteiger partial charge in [-0.3, -0.25) is 19.7 Å². The summed E-state index contributed by atoms with van der Waals surface area (Å²) in [6, 6.07) is 0. The number of nitrogens with one attached hydrogen (secondary N) is 2. The number of fused-ring (bicyclic) bond motifs is 1. The zero-order valence-corrected chi connectivity index (χ0v) is 12.8. The summed E-state index contributed by atoms with van der Waals surface area (Å²) in [7, 11) is 0. The number of hydrogen-bond acceptors (Lipinski definition) is 6. The molecule has 118 valence electrons. The normalized spacial score (nSPS) is 10.8. The van der Waals surface area contributed by atoms with Crippen molar-refractivity contribution in [2.45, 2.75) is 19.9 Å². The predicted molar refractivity (Wildman–Crippen MR) is 87.3 cm³/mol. The van der Waals surface area contributed by atoms with Gasteiger partial charge in [0.05, 0.1) is 24.1 Å². The molecule has 2 N–H and O–H groups in total. The Morgan fingerprint density at radius 3 is 3.00 bits per heavy atom. The van der Waals surface area contributed by atoms with Gasteiger partial charge in [0.1, 0.15) is 5.39 Å². The number of H-pyrrole nitrogens is 1. The van der Waals surface area contributed by atoms with Crippen molar-refractivity contribution in [2.75, 3.05) is 11.9 Å². The van der Waals surface area contributed by atoms with Crippen LogP contribution < -0.4 is 10.9 Å². The number of aromatic nitrogens is 6. The summed E-state index contributed by atoms with van der Waals surface area (Å²) in [5.74, 6) is 0.412. The summed E-state index contributed by atoms with van der Waals surface area (Å²) >= 11 is 0. The molecular formula is C15H17N7O. The Morgan fingerprint density at radius 2 is 2.22 bits per heavy atom. The Hall–Kier alpha value is -3.03. The molecule has 0 aliphatic rings. The lowest BCUT2D eigenvalue weighted by Crippen LogP contribution is -2.16. The number of aromatic amines is 1.